The lowest BCUT2D eigenvalue weighted by molar-refractivity contribution is -0.119. The first-order valence-corrected chi connectivity index (χ1v) is 7.59. The molecule has 120 valence electrons. The van der Waals surface area contributed by atoms with Crippen LogP contribution in [-0.4, -0.2) is 18.5 Å². The van der Waals surface area contributed by atoms with Gasteiger partial charge in [0.15, 0.2) is 6.61 Å². The number of esters is 1. The van der Waals surface area contributed by atoms with Crippen LogP contribution in [0.15, 0.2) is 48.5 Å². The van der Waals surface area contributed by atoms with E-state index in [9.17, 15) is 9.59 Å². The third-order valence-electron chi connectivity index (χ3n) is 3.45. The van der Waals surface area contributed by atoms with E-state index in [0.29, 0.717) is 17.2 Å². The van der Waals surface area contributed by atoms with Crippen molar-refractivity contribution in [2.75, 3.05) is 11.9 Å². The molecule has 0 aliphatic carbocycles. The fourth-order valence-electron chi connectivity index (χ4n) is 2.14. The molecule has 4 heteroatoms. The Morgan fingerprint density at radius 3 is 2.39 bits per heavy atom. The van der Waals surface area contributed by atoms with Crippen molar-refractivity contribution in [3.8, 4) is 0 Å². The molecule has 0 bridgehead atoms. The van der Waals surface area contributed by atoms with Crippen molar-refractivity contribution < 1.29 is 14.3 Å². The van der Waals surface area contributed by atoms with Gasteiger partial charge in [0.2, 0.25) is 0 Å². The normalized spacial score (nSPS) is 10.4. The number of carbonyl (C=O) groups is 2. The molecule has 0 atom stereocenters. The highest BCUT2D eigenvalue weighted by Crippen LogP contribution is 2.15. The van der Waals surface area contributed by atoms with Crippen LogP contribution in [0.5, 0.6) is 0 Å². The second-order valence-electron chi connectivity index (χ2n) is 5.77. The van der Waals surface area contributed by atoms with Crippen LogP contribution >= 0.6 is 0 Å². The van der Waals surface area contributed by atoms with Crippen LogP contribution in [0.2, 0.25) is 0 Å². The van der Waals surface area contributed by atoms with Crippen molar-refractivity contribution in [3.05, 3.63) is 65.2 Å². The molecule has 2 aromatic rings. The Morgan fingerprint density at radius 2 is 1.78 bits per heavy atom. The van der Waals surface area contributed by atoms with E-state index >= 15 is 0 Å². The summed E-state index contributed by atoms with van der Waals surface area (Å²) in [6.07, 6.45) is 0. The lowest BCUT2D eigenvalue weighted by Gasteiger charge is -2.08. The van der Waals surface area contributed by atoms with Crippen LogP contribution in [0.25, 0.3) is 0 Å². The smallest absolute Gasteiger partial charge is 0.338 e. The largest absolute Gasteiger partial charge is 0.452 e. The Hall–Kier alpha value is -2.62. The minimum absolute atomic E-state index is 0.307. The first-order valence-electron chi connectivity index (χ1n) is 7.59. The van der Waals surface area contributed by atoms with E-state index in [1.54, 1.807) is 18.2 Å². The first-order chi connectivity index (χ1) is 11.0. The molecule has 0 saturated carbocycles. The molecule has 0 fully saturated rings. The van der Waals surface area contributed by atoms with Gasteiger partial charge in [0.25, 0.3) is 5.91 Å². The summed E-state index contributed by atoms with van der Waals surface area (Å²) in [7, 11) is 0. The average Bonchev–Trinajstić information content (AvgIpc) is 2.52. The first kappa shape index (κ1) is 16.7. The molecular formula is C19H21NO3. The van der Waals surface area contributed by atoms with Crippen LogP contribution in [-0.2, 0) is 9.53 Å². The number of carbonyl (C=O) groups excluding carboxylic acids is 2. The number of ether oxygens (including phenoxy) is 1. The van der Waals surface area contributed by atoms with Crippen LogP contribution in [0, 0.1) is 6.92 Å². The second-order valence-corrected chi connectivity index (χ2v) is 5.77. The maximum atomic E-state index is 11.9. The van der Waals surface area contributed by atoms with E-state index in [1.165, 1.54) is 0 Å². The lowest BCUT2D eigenvalue weighted by Crippen LogP contribution is -2.21. The van der Waals surface area contributed by atoms with Gasteiger partial charge < -0.3 is 10.1 Å². The zero-order chi connectivity index (χ0) is 16.8. The summed E-state index contributed by atoms with van der Waals surface area (Å²) in [5.41, 5.74) is 3.33. The topological polar surface area (TPSA) is 55.4 Å². The van der Waals surface area contributed by atoms with Crippen molar-refractivity contribution in [1.82, 2.24) is 0 Å². The molecule has 0 aliphatic rings. The van der Waals surface area contributed by atoms with Gasteiger partial charge in [0.1, 0.15) is 0 Å². The Bertz CT molecular complexity index is 690. The van der Waals surface area contributed by atoms with Gasteiger partial charge in [-0.2, -0.15) is 0 Å². The highest BCUT2D eigenvalue weighted by Gasteiger charge is 2.11. The summed E-state index contributed by atoms with van der Waals surface area (Å²) >= 11 is 0. The Labute approximate surface area is 136 Å². The molecular weight excluding hydrogens is 290 g/mol. The number of amides is 1. The van der Waals surface area contributed by atoms with E-state index in [1.807, 2.05) is 37.3 Å². The molecule has 2 aromatic carbocycles. The predicted molar refractivity (Wildman–Crippen MR) is 90.6 cm³/mol. The van der Waals surface area contributed by atoms with Crippen LogP contribution in [0.3, 0.4) is 0 Å². The second kappa shape index (κ2) is 7.58. The van der Waals surface area contributed by atoms with Crippen molar-refractivity contribution in [2.45, 2.75) is 26.7 Å². The molecule has 4 nitrogen and oxygen atoms in total. The highest BCUT2D eigenvalue weighted by molar-refractivity contribution is 5.95. The van der Waals surface area contributed by atoms with Crippen LogP contribution in [0.1, 0.15) is 41.3 Å². The highest BCUT2D eigenvalue weighted by atomic mass is 16.5. The standard InChI is InChI=1S/C19H21NO3/c1-13(2)15-7-9-16(10-8-15)19(22)23-12-18(21)20-17-6-4-5-14(3)11-17/h4-11,13H,12H2,1-3H3,(H,20,21). The van der Waals surface area contributed by atoms with Gasteiger partial charge in [-0.1, -0.05) is 38.1 Å². The third kappa shape index (κ3) is 4.95. The molecule has 0 saturated heterocycles. The summed E-state index contributed by atoms with van der Waals surface area (Å²) in [6.45, 7) is 5.81. The number of benzene rings is 2. The summed E-state index contributed by atoms with van der Waals surface area (Å²) in [5.74, 6) is -0.456. The number of hydrogen-bond acceptors (Lipinski definition) is 3. The number of hydrogen-bond donors (Lipinski definition) is 1. The van der Waals surface area contributed by atoms with Crippen LogP contribution in [0.4, 0.5) is 5.69 Å². The molecule has 0 unspecified atom stereocenters. The molecule has 0 spiro atoms. The van der Waals surface area contributed by atoms with E-state index in [4.69, 9.17) is 4.74 Å². The monoisotopic (exact) mass is 311 g/mol. The molecule has 2 rings (SSSR count). The van der Waals surface area contributed by atoms with E-state index in [0.717, 1.165) is 11.1 Å². The van der Waals surface area contributed by atoms with E-state index in [2.05, 4.69) is 19.2 Å². The maximum Gasteiger partial charge on any atom is 0.338 e. The molecule has 0 aliphatic heterocycles. The van der Waals surface area contributed by atoms with Crippen LogP contribution < -0.4 is 5.32 Å². The van der Waals surface area contributed by atoms with Gasteiger partial charge in [-0.05, 0) is 48.2 Å². The average molecular weight is 311 g/mol. The fourth-order valence-corrected chi connectivity index (χ4v) is 2.14. The molecule has 0 heterocycles. The summed E-state index contributed by atoms with van der Waals surface area (Å²) in [4.78, 5) is 23.7. The number of rotatable bonds is 5. The quantitative estimate of drug-likeness (QED) is 0.852. The van der Waals surface area contributed by atoms with Crippen molar-refractivity contribution in [1.29, 1.82) is 0 Å². The van der Waals surface area contributed by atoms with Gasteiger partial charge in [0, 0.05) is 5.69 Å². The molecule has 0 aromatic heterocycles. The molecule has 1 amide bonds. The fraction of sp³-hybridized carbons (Fsp3) is 0.263. The minimum atomic E-state index is -0.500. The zero-order valence-corrected chi connectivity index (χ0v) is 13.6. The maximum absolute atomic E-state index is 11.9. The Kier molecular flexibility index (Phi) is 5.52. The van der Waals surface area contributed by atoms with Crippen molar-refractivity contribution in [3.63, 3.8) is 0 Å². The Morgan fingerprint density at radius 1 is 1.09 bits per heavy atom. The van der Waals surface area contributed by atoms with Crippen molar-refractivity contribution >= 4 is 17.6 Å². The van der Waals surface area contributed by atoms with Crippen molar-refractivity contribution in [2.24, 2.45) is 0 Å². The zero-order valence-electron chi connectivity index (χ0n) is 13.6. The van der Waals surface area contributed by atoms with Gasteiger partial charge >= 0.3 is 5.97 Å². The molecule has 1 N–H and O–H groups in total. The van der Waals surface area contributed by atoms with Gasteiger partial charge in [-0.3, -0.25) is 4.79 Å². The SMILES string of the molecule is Cc1cccc(NC(=O)COC(=O)c2ccc(C(C)C)cc2)c1. The number of anilines is 1. The minimum Gasteiger partial charge on any atom is -0.452 e. The van der Waals surface area contributed by atoms with Gasteiger partial charge in [-0.25, -0.2) is 4.79 Å². The summed E-state index contributed by atoms with van der Waals surface area (Å²) in [5, 5.41) is 2.70. The Balaban J connectivity index is 1.87. The lowest BCUT2D eigenvalue weighted by atomic mass is 10.0. The van der Waals surface area contributed by atoms with Gasteiger partial charge in [0.05, 0.1) is 5.56 Å². The summed E-state index contributed by atoms with van der Waals surface area (Å²) in [6, 6.07) is 14.7. The molecule has 23 heavy (non-hydrogen) atoms. The molecule has 0 radical (unpaired) electrons. The van der Waals surface area contributed by atoms with E-state index < -0.39 is 5.97 Å². The third-order valence-corrected chi connectivity index (χ3v) is 3.45. The number of aryl methyl sites for hydroxylation is 1. The summed E-state index contributed by atoms with van der Waals surface area (Å²) < 4.78 is 5.04. The van der Waals surface area contributed by atoms with E-state index in [-0.39, 0.29) is 12.5 Å². The van der Waals surface area contributed by atoms with Gasteiger partial charge in [-0.15, -0.1) is 0 Å². The number of nitrogens with one attached hydrogen (secondary N) is 1. The predicted octanol–water partition coefficient (Wildman–Crippen LogP) is 3.91.